The first-order valence-corrected chi connectivity index (χ1v) is 11.5. The molecule has 7 nitrogen and oxygen atoms in total. The molecule has 0 bridgehead atoms. The Balaban J connectivity index is 2.17. The molecule has 1 aliphatic carbocycles. The van der Waals surface area contributed by atoms with Crippen molar-refractivity contribution >= 4 is 29.7 Å². The topological polar surface area (TPSA) is 81.6 Å². The molecule has 3 rings (SSSR count). The number of halogens is 1. The van der Waals surface area contributed by atoms with Gasteiger partial charge in [-0.2, -0.15) is 4.98 Å². The summed E-state index contributed by atoms with van der Waals surface area (Å²) in [4.78, 5) is 35.8. The van der Waals surface area contributed by atoms with Crippen molar-refractivity contribution in [3.63, 3.8) is 0 Å². The minimum Gasteiger partial charge on any atom is -0.443 e. The van der Waals surface area contributed by atoms with E-state index in [-0.39, 0.29) is 11.1 Å². The number of aryl methyl sites for hydroxylation is 1. The molecule has 0 spiro atoms. The van der Waals surface area contributed by atoms with Gasteiger partial charge in [-0.15, -0.1) is 4.90 Å². The van der Waals surface area contributed by atoms with Crippen LogP contribution < -0.4 is 4.90 Å². The Hall–Kier alpha value is -2.67. The van der Waals surface area contributed by atoms with Gasteiger partial charge in [0.15, 0.2) is 0 Å². The lowest BCUT2D eigenvalue weighted by Gasteiger charge is -2.28. The van der Waals surface area contributed by atoms with Crippen molar-refractivity contribution in [2.75, 3.05) is 4.90 Å². The number of nitrogens with zero attached hydrogens (tertiary/aromatic N) is 3. The molecule has 1 aliphatic rings. The van der Waals surface area contributed by atoms with Crippen LogP contribution in [-0.4, -0.2) is 33.4 Å². The van der Waals surface area contributed by atoms with Gasteiger partial charge in [0.2, 0.25) is 5.95 Å². The van der Waals surface area contributed by atoms with Gasteiger partial charge in [0.05, 0.1) is 5.69 Å². The Morgan fingerprint density at radius 1 is 0.970 bits per heavy atom. The minimum atomic E-state index is -0.935. The molecule has 0 aliphatic heterocycles. The lowest BCUT2D eigenvalue weighted by molar-refractivity contribution is 0.0427. The molecule has 0 saturated heterocycles. The lowest BCUT2D eigenvalue weighted by atomic mass is 9.94. The average molecular weight is 474 g/mol. The van der Waals surface area contributed by atoms with Crippen LogP contribution in [0.1, 0.15) is 77.0 Å². The lowest BCUT2D eigenvalue weighted by Crippen LogP contribution is -2.44. The third-order valence-electron chi connectivity index (χ3n) is 4.99. The van der Waals surface area contributed by atoms with Crippen molar-refractivity contribution in [3.8, 4) is 11.3 Å². The van der Waals surface area contributed by atoms with Crippen LogP contribution in [0, 0.1) is 13.8 Å². The van der Waals surface area contributed by atoms with Gasteiger partial charge in [0.1, 0.15) is 16.4 Å². The summed E-state index contributed by atoms with van der Waals surface area (Å²) in [6.07, 6.45) is 0.358. The zero-order chi connectivity index (χ0) is 24.7. The van der Waals surface area contributed by atoms with Crippen LogP contribution in [-0.2, 0) is 9.47 Å². The predicted octanol–water partition coefficient (Wildman–Crippen LogP) is 6.97. The van der Waals surface area contributed by atoms with Crippen LogP contribution in [0.25, 0.3) is 11.3 Å². The standard InChI is InChI=1S/C25H32ClN3O4/c1-14-10-9-11-17(16-12-13-16)18(14)19-15(2)20(26)28-21(27-19)29(22(30)32-24(3,4)5)23(31)33-25(6,7)8/h9-11,16H,12-13H2,1-8H3. The Morgan fingerprint density at radius 2 is 1.52 bits per heavy atom. The molecule has 1 aromatic carbocycles. The Bertz CT molecular complexity index is 1050. The Morgan fingerprint density at radius 3 is 2.00 bits per heavy atom. The monoisotopic (exact) mass is 473 g/mol. The van der Waals surface area contributed by atoms with Gasteiger partial charge in [-0.1, -0.05) is 29.8 Å². The molecule has 2 aromatic rings. The molecule has 2 amide bonds. The highest BCUT2D eigenvalue weighted by Crippen LogP contribution is 2.46. The molecule has 1 fully saturated rings. The van der Waals surface area contributed by atoms with Crippen LogP contribution in [0.2, 0.25) is 5.15 Å². The number of amides is 2. The zero-order valence-corrected chi connectivity index (χ0v) is 21.3. The molecule has 0 atom stereocenters. The summed E-state index contributed by atoms with van der Waals surface area (Å²) in [6.45, 7) is 14.1. The molecule has 0 unspecified atom stereocenters. The molecule has 1 aromatic heterocycles. The summed E-state index contributed by atoms with van der Waals surface area (Å²) in [5.74, 6) is 0.276. The number of carbonyl (C=O) groups is 2. The van der Waals surface area contributed by atoms with Crippen LogP contribution in [0.15, 0.2) is 18.2 Å². The van der Waals surface area contributed by atoms with Gasteiger partial charge in [-0.3, -0.25) is 0 Å². The van der Waals surface area contributed by atoms with Gasteiger partial charge in [-0.25, -0.2) is 14.6 Å². The number of benzene rings is 1. The molecular formula is C25H32ClN3O4. The van der Waals surface area contributed by atoms with E-state index in [2.05, 4.69) is 16.0 Å². The Labute approximate surface area is 200 Å². The second-order valence-electron chi connectivity index (χ2n) is 10.4. The first kappa shape index (κ1) is 25.0. The van der Waals surface area contributed by atoms with E-state index in [0.717, 1.165) is 24.0 Å². The fraction of sp³-hybridized carbons (Fsp3) is 0.520. The minimum absolute atomic E-state index is 0.150. The quantitative estimate of drug-likeness (QED) is 0.448. The normalized spacial score (nSPS) is 14.1. The molecular weight excluding hydrogens is 442 g/mol. The van der Waals surface area contributed by atoms with Crippen LogP contribution in [0.5, 0.6) is 0 Å². The highest BCUT2D eigenvalue weighted by molar-refractivity contribution is 6.30. The first-order chi connectivity index (χ1) is 15.2. The molecule has 1 saturated carbocycles. The number of ether oxygens (including phenoxy) is 2. The van der Waals surface area contributed by atoms with Crippen molar-refractivity contribution in [2.24, 2.45) is 0 Å². The second kappa shape index (κ2) is 8.93. The number of carbonyl (C=O) groups excluding carboxylic acids is 2. The van der Waals surface area contributed by atoms with Crippen molar-refractivity contribution in [1.82, 2.24) is 9.97 Å². The van der Waals surface area contributed by atoms with Gasteiger partial charge in [0, 0.05) is 11.1 Å². The van der Waals surface area contributed by atoms with Gasteiger partial charge < -0.3 is 9.47 Å². The number of hydrogen-bond acceptors (Lipinski definition) is 6. The maximum atomic E-state index is 13.1. The van der Waals surface area contributed by atoms with Crippen molar-refractivity contribution in [1.29, 1.82) is 0 Å². The SMILES string of the molecule is Cc1cccc(C2CC2)c1-c1nc(N(C(=O)OC(C)(C)C)C(=O)OC(C)(C)C)nc(Cl)c1C. The molecule has 1 heterocycles. The van der Waals surface area contributed by atoms with E-state index in [9.17, 15) is 9.59 Å². The Kier molecular flexibility index (Phi) is 6.76. The van der Waals surface area contributed by atoms with Gasteiger partial charge >= 0.3 is 12.2 Å². The zero-order valence-electron chi connectivity index (χ0n) is 20.6. The number of rotatable bonds is 3. The van der Waals surface area contributed by atoms with Crippen LogP contribution >= 0.6 is 11.6 Å². The number of aromatic nitrogens is 2. The maximum Gasteiger partial charge on any atom is 0.427 e. The smallest absolute Gasteiger partial charge is 0.427 e. The van der Waals surface area contributed by atoms with E-state index in [1.165, 1.54) is 5.56 Å². The van der Waals surface area contributed by atoms with E-state index < -0.39 is 23.4 Å². The predicted molar refractivity (Wildman–Crippen MR) is 129 cm³/mol. The van der Waals surface area contributed by atoms with E-state index in [4.69, 9.17) is 21.1 Å². The summed E-state index contributed by atoms with van der Waals surface area (Å²) in [5.41, 5.74) is 2.74. The summed E-state index contributed by atoms with van der Waals surface area (Å²) in [6, 6.07) is 6.13. The first-order valence-electron chi connectivity index (χ1n) is 11.1. The van der Waals surface area contributed by atoms with Gasteiger partial charge in [-0.05, 0) is 85.3 Å². The van der Waals surface area contributed by atoms with Crippen molar-refractivity contribution in [2.45, 2.75) is 85.4 Å². The van der Waals surface area contributed by atoms with Gasteiger partial charge in [0.25, 0.3) is 0 Å². The summed E-state index contributed by atoms with van der Waals surface area (Å²) < 4.78 is 10.9. The molecule has 0 radical (unpaired) electrons. The highest BCUT2D eigenvalue weighted by Gasteiger charge is 2.36. The molecule has 8 heteroatoms. The third-order valence-corrected chi connectivity index (χ3v) is 5.35. The number of anilines is 1. The van der Waals surface area contributed by atoms with Crippen molar-refractivity contribution in [3.05, 3.63) is 40.0 Å². The fourth-order valence-electron chi connectivity index (χ4n) is 3.42. The third kappa shape index (κ3) is 6.02. The molecule has 178 valence electrons. The van der Waals surface area contributed by atoms with Crippen molar-refractivity contribution < 1.29 is 19.1 Å². The van der Waals surface area contributed by atoms with E-state index in [0.29, 0.717) is 22.1 Å². The van der Waals surface area contributed by atoms with E-state index in [1.807, 2.05) is 26.0 Å². The number of imide groups is 1. The second-order valence-corrected chi connectivity index (χ2v) is 10.8. The number of hydrogen-bond donors (Lipinski definition) is 0. The van der Waals surface area contributed by atoms with E-state index in [1.54, 1.807) is 41.5 Å². The fourth-order valence-corrected chi connectivity index (χ4v) is 3.59. The van der Waals surface area contributed by atoms with Crippen LogP contribution in [0.4, 0.5) is 15.5 Å². The maximum absolute atomic E-state index is 13.1. The average Bonchev–Trinajstić information content (AvgIpc) is 3.46. The summed E-state index contributed by atoms with van der Waals surface area (Å²) in [7, 11) is 0. The summed E-state index contributed by atoms with van der Waals surface area (Å²) in [5, 5.41) is 0.150. The van der Waals surface area contributed by atoms with Crippen LogP contribution in [0.3, 0.4) is 0 Å². The summed E-state index contributed by atoms with van der Waals surface area (Å²) >= 11 is 6.51. The molecule has 0 N–H and O–H groups in total. The highest BCUT2D eigenvalue weighted by atomic mass is 35.5. The largest absolute Gasteiger partial charge is 0.443 e. The van der Waals surface area contributed by atoms with E-state index >= 15 is 0 Å². The molecule has 33 heavy (non-hydrogen) atoms.